The molecule has 0 fully saturated rings. The fraction of sp³-hybridized carbons (Fsp3) is 0.519. The quantitative estimate of drug-likeness (QED) is 0.0261. The van der Waals surface area contributed by atoms with Crippen LogP contribution in [0.2, 0.25) is 0 Å². The van der Waals surface area contributed by atoms with E-state index in [1.165, 1.54) is 32.1 Å². The number of hydrogen-bond acceptors (Lipinski definition) is 6. The first-order valence-electron chi connectivity index (χ1n) is 32.6. The van der Waals surface area contributed by atoms with Crippen molar-refractivity contribution in [3.63, 3.8) is 0 Å². The average molecular weight is 1140 g/mol. The summed E-state index contributed by atoms with van der Waals surface area (Å²) in [6, 6.07) is 0. The number of hydrogen-bond donors (Lipinski definition) is 0. The second-order valence-electron chi connectivity index (χ2n) is 20.5. The summed E-state index contributed by atoms with van der Waals surface area (Å²) in [7, 11) is 0. The molecule has 1 atom stereocenters. The van der Waals surface area contributed by atoms with Crippen LogP contribution in [0.25, 0.3) is 0 Å². The highest BCUT2D eigenvalue weighted by Crippen LogP contribution is 2.13. The summed E-state index contributed by atoms with van der Waals surface area (Å²) in [6.45, 7) is 6.18. The van der Waals surface area contributed by atoms with E-state index in [0.717, 1.165) is 154 Å². The number of rotatable bonds is 56. The molecule has 0 saturated carbocycles. The fourth-order valence-corrected chi connectivity index (χ4v) is 8.03. The van der Waals surface area contributed by atoms with Crippen LogP contribution < -0.4 is 0 Å². The first kappa shape index (κ1) is 77.0. The van der Waals surface area contributed by atoms with Gasteiger partial charge in [-0.15, -0.1) is 0 Å². The van der Waals surface area contributed by atoms with Crippen LogP contribution >= 0.6 is 0 Å². The number of allylic oxidation sites excluding steroid dienone is 34. The molecular formula is C77H116O6. The van der Waals surface area contributed by atoms with Crippen molar-refractivity contribution in [3.05, 3.63) is 207 Å². The van der Waals surface area contributed by atoms with Gasteiger partial charge in [-0.2, -0.15) is 0 Å². The zero-order valence-corrected chi connectivity index (χ0v) is 52.6. The molecule has 1 unspecified atom stereocenters. The molecule has 0 spiro atoms. The number of carbonyl (C=O) groups excluding carboxylic acids is 3. The minimum Gasteiger partial charge on any atom is -0.462 e. The number of ether oxygens (including phenoxy) is 3. The van der Waals surface area contributed by atoms with Gasteiger partial charge in [0.2, 0.25) is 0 Å². The molecule has 460 valence electrons. The molecule has 0 rings (SSSR count). The van der Waals surface area contributed by atoms with Crippen LogP contribution in [-0.2, 0) is 28.6 Å². The second-order valence-corrected chi connectivity index (χ2v) is 20.5. The van der Waals surface area contributed by atoms with Crippen LogP contribution in [-0.4, -0.2) is 37.2 Å². The van der Waals surface area contributed by atoms with Gasteiger partial charge in [-0.3, -0.25) is 14.4 Å². The maximum Gasteiger partial charge on any atom is 0.306 e. The lowest BCUT2D eigenvalue weighted by Gasteiger charge is -2.18. The minimum atomic E-state index is -0.842. The van der Waals surface area contributed by atoms with Crippen molar-refractivity contribution in [2.24, 2.45) is 0 Å². The van der Waals surface area contributed by atoms with Crippen molar-refractivity contribution >= 4 is 17.9 Å². The molecule has 0 aliphatic carbocycles. The minimum absolute atomic E-state index is 0.129. The Labute approximate surface area is 509 Å². The SMILES string of the molecule is CC/C=C\C/C=C\C/C=C\C/C=C\C/C=C\C/C=C\C/C=C\C/C=C\CCCCCCCCCCC(=O)OCC(COC(=O)CC/C=C\C/C=C\C/C=C\C/C=C\CC)OC(=O)CCCCC/C=C\C/C=C\C/C=C\C/C=C\C/C=C\CC. The molecule has 0 bridgehead atoms. The molecule has 0 aliphatic rings. The maximum atomic E-state index is 12.9. The molecule has 0 saturated heterocycles. The molecule has 0 N–H and O–H groups in total. The van der Waals surface area contributed by atoms with E-state index in [2.05, 4.69) is 215 Å². The van der Waals surface area contributed by atoms with Crippen molar-refractivity contribution in [2.75, 3.05) is 13.2 Å². The Balaban J connectivity index is 4.42. The first-order chi connectivity index (χ1) is 41.0. The van der Waals surface area contributed by atoms with E-state index in [-0.39, 0.29) is 44.0 Å². The van der Waals surface area contributed by atoms with Gasteiger partial charge < -0.3 is 14.2 Å². The highest BCUT2D eigenvalue weighted by atomic mass is 16.6. The number of carbonyl (C=O) groups is 3. The Morgan fingerprint density at radius 2 is 0.458 bits per heavy atom. The van der Waals surface area contributed by atoms with Gasteiger partial charge in [0, 0.05) is 19.3 Å². The third kappa shape index (κ3) is 66.7. The van der Waals surface area contributed by atoms with Gasteiger partial charge in [-0.05, 0) is 154 Å². The Morgan fingerprint density at radius 1 is 0.241 bits per heavy atom. The van der Waals surface area contributed by atoms with Crippen LogP contribution in [0.1, 0.15) is 239 Å². The molecule has 0 aliphatic heterocycles. The monoisotopic (exact) mass is 1140 g/mol. The highest BCUT2D eigenvalue weighted by Gasteiger charge is 2.19. The smallest absolute Gasteiger partial charge is 0.306 e. The molecule has 0 heterocycles. The van der Waals surface area contributed by atoms with E-state index in [9.17, 15) is 14.4 Å². The van der Waals surface area contributed by atoms with E-state index in [0.29, 0.717) is 19.3 Å². The standard InChI is InChI=1S/C77H116O6/c1-4-7-10-13-16-19-22-25-27-29-31-32-33-34-35-36-37-38-39-40-41-42-43-44-46-47-49-52-55-58-61-64-67-70-76(79)82-73-74(72-81-75(78)69-66-63-60-57-54-51-24-21-18-15-12-9-6-3)83-77(80)71-68-65-62-59-56-53-50-48-45-30-28-26-23-20-17-14-11-8-5-2/h7-12,16-21,25-28,31-32,34-35,37-38,40-41,43-45,48,51,53-54,56,60,63,74H,4-6,13-15,22-24,29-30,33,36,39,42,46-47,49-50,52,55,57-59,61-62,64-73H2,1-3H3/b10-7-,11-8-,12-9-,19-16-,20-17-,21-18-,27-25-,28-26-,32-31-,35-34-,38-37-,41-40-,44-43-,48-45-,54-51-,56-53-,63-60-. The Kier molecular flexibility index (Phi) is 63.5. The van der Waals surface area contributed by atoms with E-state index < -0.39 is 6.10 Å². The van der Waals surface area contributed by atoms with Gasteiger partial charge in [0.25, 0.3) is 0 Å². The molecular weight excluding hydrogens is 1020 g/mol. The fourth-order valence-electron chi connectivity index (χ4n) is 8.03. The first-order valence-corrected chi connectivity index (χ1v) is 32.6. The molecule has 0 aromatic carbocycles. The van der Waals surface area contributed by atoms with Gasteiger partial charge in [0.05, 0.1) is 0 Å². The van der Waals surface area contributed by atoms with Crippen molar-refractivity contribution in [1.82, 2.24) is 0 Å². The van der Waals surface area contributed by atoms with Crippen molar-refractivity contribution < 1.29 is 28.6 Å². The Morgan fingerprint density at radius 3 is 0.759 bits per heavy atom. The Hall–Kier alpha value is -6.01. The molecule has 83 heavy (non-hydrogen) atoms. The number of esters is 3. The molecule has 0 aromatic heterocycles. The van der Waals surface area contributed by atoms with Crippen LogP contribution in [0.4, 0.5) is 0 Å². The van der Waals surface area contributed by atoms with Gasteiger partial charge in [0.15, 0.2) is 6.10 Å². The third-order valence-corrected chi connectivity index (χ3v) is 12.8. The average Bonchev–Trinajstić information content (AvgIpc) is 3.49. The van der Waals surface area contributed by atoms with Crippen molar-refractivity contribution in [1.29, 1.82) is 0 Å². The summed E-state index contributed by atoms with van der Waals surface area (Å²) in [6.07, 6.45) is 106. The van der Waals surface area contributed by atoms with Crippen molar-refractivity contribution in [2.45, 2.75) is 245 Å². The predicted octanol–water partition coefficient (Wildman–Crippen LogP) is 22.8. The summed E-state index contributed by atoms with van der Waals surface area (Å²) >= 11 is 0. The van der Waals surface area contributed by atoms with Crippen LogP contribution in [0.5, 0.6) is 0 Å². The largest absolute Gasteiger partial charge is 0.462 e. The second kappa shape index (κ2) is 68.5. The van der Waals surface area contributed by atoms with E-state index in [1.54, 1.807) is 0 Å². The topological polar surface area (TPSA) is 78.9 Å². The van der Waals surface area contributed by atoms with E-state index >= 15 is 0 Å². The molecule has 6 nitrogen and oxygen atoms in total. The van der Waals surface area contributed by atoms with Crippen LogP contribution in [0, 0.1) is 0 Å². The molecule has 0 radical (unpaired) electrons. The van der Waals surface area contributed by atoms with Gasteiger partial charge in [-0.25, -0.2) is 0 Å². The Bertz CT molecular complexity index is 2030. The van der Waals surface area contributed by atoms with Gasteiger partial charge in [-0.1, -0.05) is 272 Å². The molecule has 0 aromatic rings. The van der Waals surface area contributed by atoms with Crippen molar-refractivity contribution in [3.8, 4) is 0 Å². The molecule has 6 heteroatoms. The lowest BCUT2D eigenvalue weighted by molar-refractivity contribution is -0.166. The van der Waals surface area contributed by atoms with Gasteiger partial charge >= 0.3 is 17.9 Å². The summed E-state index contributed by atoms with van der Waals surface area (Å²) < 4.78 is 16.8. The predicted molar refractivity (Wildman–Crippen MR) is 361 cm³/mol. The summed E-state index contributed by atoms with van der Waals surface area (Å²) in [5.74, 6) is -1.07. The maximum absolute atomic E-state index is 12.9. The third-order valence-electron chi connectivity index (χ3n) is 12.8. The lowest BCUT2D eigenvalue weighted by atomic mass is 10.1. The van der Waals surface area contributed by atoms with Crippen LogP contribution in [0.15, 0.2) is 207 Å². The number of unbranched alkanes of at least 4 members (excludes halogenated alkanes) is 11. The summed E-state index contributed by atoms with van der Waals surface area (Å²) in [4.78, 5) is 38.3. The molecule has 0 amide bonds. The van der Waals surface area contributed by atoms with E-state index in [4.69, 9.17) is 14.2 Å². The summed E-state index contributed by atoms with van der Waals surface area (Å²) in [5, 5.41) is 0. The van der Waals surface area contributed by atoms with Gasteiger partial charge in [0.1, 0.15) is 13.2 Å². The lowest BCUT2D eigenvalue weighted by Crippen LogP contribution is -2.30. The zero-order valence-electron chi connectivity index (χ0n) is 52.6. The normalized spacial score (nSPS) is 13.5. The summed E-state index contributed by atoms with van der Waals surface area (Å²) in [5.41, 5.74) is 0. The highest BCUT2D eigenvalue weighted by molar-refractivity contribution is 5.71. The van der Waals surface area contributed by atoms with Crippen LogP contribution in [0.3, 0.4) is 0 Å². The zero-order chi connectivity index (χ0) is 59.9. The van der Waals surface area contributed by atoms with E-state index in [1.807, 2.05) is 12.2 Å².